The van der Waals surface area contributed by atoms with Crippen LogP contribution in [0.25, 0.3) is 0 Å². The van der Waals surface area contributed by atoms with E-state index in [2.05, 4.69) is 25.0 Å². The number of aliphatic hydroxyl groups excluding tert-OH is 1. The van der Waals surface area contributed by atoms with Gasteiger partial charge in [-0.05, 0) is 18.2 Å². The highest BCUT2D eigenvalue weighted by molar-refractivity contribution is 5.73. The van der Waals surface area contributed by atoms with Gasteiger partial charge in [0.15, 0.2) is 12.3 Å². The lowest BCUT2D eigenvalue weighted by Crippen LogP contribution is -2.48. The van der Waals surface area contributed by atoms with Crippen molar-refractivity contribution < 1.29 is 31.8 Å². The Morgan fingerprint density at radius 2 is 2.10 bits per heavy atom. The maximum Gasteiger partial charge on any atom is 0.425 e. The summed E-state index contributed by atoms with van der Waals surface area (Å²) in [5, 5.41) is 21.6. The number of alkyl halides is 4. The van der Waals surface area contributed by atoms with Crippen molar-refractivity contribution in [2.45, 2.75) is 30.5 Å². The fourth-order valence-corrected chi connectivity index (χ4v) is 3.00. The molecular formula is C18H15F5N6O2. The Morgan fingerprint density at radius 3 is 2.68 bits per heavy atom. The van der Waals surface area contributed by atoms with Crippen LogP contribution < -0.4 is 11.1 Å². The number of hydrogen-bond donors (Lipinski definition) is 3. The Hall–Kier alpha value is -3.53. The maximum absolute atomic E-state index is 14.4. The van der Waals surface area contributed by atoms with Gasteiger partial charge in [0.25, 0.3) is 6.02 Å². The van der Waals surface area contributed by atoms with Crippen LogP contribution >= 0.6 is 0 Å². The monoisotopic (exact) mass is 442 g/mol. The molecule has 0 amide bonds. The minimum Gasteiger partial charge on any atom is -0.452 e. The molecule has 164 valence electrons. The predicted octanol–water partition coefficient (Wildman–Crippen LogP) is 2.42. The van der Waals surface area contributed by atoms with Crippen LogP contribution in [0.2, 0.25) is 0 Å². The van der Waals surface area contributed by atoms with Crippen molar-refractivity contribution in [3.63, 3.8) is 0 Å². The van der Waals surface area contributed by atoms with Crippen LogP contribution in [0.3, 0.4) is 0 Å². The first kappa shape index (κ1) is 22.2. The van der Waals surface area contributed by atoms with Crippen LogP contribution in [0.4, 0.5) is 27.6 Å². The Labute approximate surface area is 172 Å². The fourth-order valence-electron chi connectivity index (χ4n) is 3.00. The molecule has 31 heavy (non-hydrogen) atoms. The highest BCUT2D eigenvalue weighted by atomic mass is 19.4. The van der Waals surface area contributed by atoms with E-state index in [-0.39, 0.29) is 16.9 Å². The Bertz CT molecular complexity index is 1020. The van der Waals surface area contributed by atoms with Gasteiger partial charge in [0.1, 0.15) is 18.3 Å². The van der Waals surface area contributed by atoms with E-state index in [0.717, 1.165) is 12.3 Å². The zero-order valence-corrected chi connectivity index (χ0v) is 15.6. The summed E-state index contributed by atoms with van der Waals surface area (Å²) in [5.41, 5.74) is 2.68. The molecule has 1 aliphatic rings. The van der Waals surface area contributed by atoms with Crippen LogP contribution in [0.5, 0.6) is 0 Å². The van der Waals surface area contributed by atoms with Crippen LogP contribution in [-0.4, -0.2) is 40.1 Å². The molecule has 3 atom stereocenters. The molecule has 13 heteroatoms. The molecule has 2 aromatic rings. The second kappa shape index (κ2) is 8.31. The van der Waals surface area contributed by atoms with E-state index in [1.807, 2.05) is 6.07 Å². The van der Waals surface area contributed by atoms with Gasteiger partial charge in [0, 0.05) is 18.2 Å². The first-order valence-corrected chi connectivity index (χ1v) is 8.69. The van der Waals surface area contributed by atoms with E-state index < -0.39 is 54.7 Å². The number of ether oxygens (including phenoxy) is 1. The number of aromatic nitrogens is 2. The van der Waals surface area contributed by atoms with E-state index in [1.165, 1.54) is 18.3 Å². The molecule has 0 fully saturated rings. The summed E-state index contributed by atoms with van der Waals surface area (Å²) in [4.78, 5) is 10.9. The second-order valence-corrected chi connectivity index (χ2v) is 6.66. The number of nitrogens with two attached hydrogens (primary N) is 1. The second-order valence-electron chi connectivity index (χ2n) is 6.66. The molecule has 4 N–H and O–H groups in total. The van der Waals surface area contributed by atoms with Crippen molar-refractivity contribution in [3.8, 4) is 6.07 Å². The van der Waals surface area contributed by atoms with E-state index in [9.17, 15) is 27.1 Å². The fraction of sp³-hybridized carbons (Fsp3) is 0.333. The molecule has 0 aromatic carbocycles. The summed E-state index contributed by atoms with van der Waals surface area (Å²) in [7, 11) is 0. The maximum atomic E-state index is 14.4. The van der Waals surface area contributed by atoms with Crippen LogP contribution in [-0.2, 0) is 10.3 Å². The van der Waals surface area contributed by atoms with Gasteiger partial charge < -0.3 is 20.9 Å². The lowest BCUT2D eigenvalue weighted by molar-refractivity contribution is -0.209. The zero-order valence-electron chi connectivity index (χ0n) is 15.6. The third kappa shape index (κ3) is 4.64. The standard InChI is InChI=1S/C18H15F5N6O2/c19-8-17(4-13(18(21,22)23)31-16(25)29-17)11-3-10(7-27-14(11)20)28-15(30)12-2-1-9(5-24)6-26-12/h1-3,6-7,13,15,28,30H,4,8H2,(H2,25,29). The molecule has 0 aliphatic carbocycles. The number of amidine groups is 1. The van der Waals surface area contributed by atoms with Crippen molar-refractivity contribution in [3.05, 3.63) is 53.4 Å². The largest absolute Gasteiger partial charge is 0.452 e. The quantitative estimate of drug-likeness (QED) is 0.368. The van der Waals surface area contributed by atoms with Crippen molar-refractivity contribution in [1.82, 2.24) is 9.97 Å². The van der Waals surface area contributed by atoms with Gasteiger partial charge >= 0.3 is 6.18 Å². The third-order valence-electron chi connectivity index (χ3n) is 4.54. The molecular weight excluding hydrogens is 427 g/mol. The van der Waals surface area contributed by atoms with E-state index in [0.29, 0.717) is 0 Å². The number of pyridine rings is 2. The van der Waals surface area contributed by atoms with Gasteiger partial charge in [-0.25, -0.2) is 14.4 Å². The number of nitrogens with one attached hydrogen (secondary N) is 1. The number of hydrogen-bond acceptors (Lipinski definition) is 8. The lowest BCUT2D eigenvalue weighted by Gasteiger charge is -2.36. The van der Waals surface area contributed by atoms with Crippen molar-refractivity contribution in [2.75, 3.05) is 12.0 Å². The molecule has 8 nitrogen and oxygen atoms in total. The SMILES string of the molecule is N#Cc1ccc(C(O)Nc2cnc(F)c(C3(CF)CC(C(F)(F)F)OC(N)=N3)c2)nc1. The number of anilines is 1. The van der Waals surface area contributed by atoms with Gasteiger partial charge in [0.05, 0.1) is 23.1 Å². The first-order chi connectivity index (χ1) is 14.6. The Kier molecular flexibility index (Phi) is 5.94. The molecule has 3 unspecified atom stereocenters. The van der Waals surface area contributed by atoms with Gasteiger partial charge in [-0.1, -0.05) is 0 Å². The molecule has 3 heterocycles. The summed E-state index contributed by atoms with van der Waals surface area (Å²) in [6, 6.07) is 4.65. The molecule has 0 spiro atoms. The van der Waals surface area contributed by atoms with E-state index in [4.69, 9.17) is 11.0 Å². The number of halogens is 5. The number of rotatable bonds is 5. The van der Waals surface area contributed by atoms with Gasteiger partial charge in [-0.15, -0.1) is 0 Å². The first-order valence-electron chi connectivity index (χ1n) is 8.69. The van der Waals surface area contributed by atoms with Gasteiger partial charge in [-0.2, -0.15) is 22.8 Å². The van der Waals surface area contributed by atoms with E-state index >= 15 is 0 Å². The summed E-state index contributed by atoms with van der Waals surface area (Å²) < 4.78 is 72.4. The molecule has 3 rings (SSSR count). The molecule has 0 radical (unpaired) electrons. The summed E-state index contributed by atoms with van der Waals surface area (Å²) in [6.45, 7) is -1.51. The molecule has 2 aromatic heterocycles. The minimum absolute atomic E-state index is 0.0493. The normalized spacial score (nSPS) is 22.1. The number of aliphatic imine (C=N–C) groups is 1. The van der Waals surface area contributed by atoms with Crippen LogP contribution in [0.1, 0.15) is 29.5 Å². The molecule has 0 saturated heterocycles. The molecule has 0 saturated carbocycles. The van der Waals surface area contributed by atoms with Crippen molar-refractivity contribution in [1.29, 1.82) is 5.26 Å². The van der Waals surface area contributed by atoms with Crippen LogP contribution in [0.15, 0.2) is 35.6 Å². The van der Waals surface area contributed by atoms with Gasteiger partial charge in [0.2, 0.25) is 5.95 Å². The summed E-state index contributed by atoms with van der Waals surface area (Å²) in [6.07, 6.45) is -7.73. The zero-order chi connectivity index (χ0) is 22.8. The number of nitriles is 1. The average molecular weight is 442 g/mol. The number of nitrogens with zero attached hydrogens (tertiary/aromatic N) is 4. The van der Waals surface area contributed by atoms with Crippen molar-refractivity contribution in [2.24, 2.45) is 10.7 Å². The lowest BCUT2D eigenvalue weighted by atomic mass is 9.85. The minimum atomic E-state index is -4.89. The Morgan fingerprint density at radius 1 is 1.35 bits per heavy atom. The summed E-state index contributed by atoms with van der Waals surface area (Å²) >= 11 is 0. The smallest absolute Gasteiger partial charge is 0.425 e. The Balaban J connectivity index is 1.93. The molecule has 1 aliphatic heterocycles. The van der Waals surface area contributed by atoms with Gasteiger partial charge in [-0.3, -0.25) is 4.98 Å². The topological polar surface area (TPSA) is 129 Å². The third-order valence-corrected chi connectivity index (χ3v) is 4.54. The predicted molar refractivity (Wildman–Crippen MR) is 96.5 cm³/mol. The average Bonchev–Trinajstić information content (AvgIpc) is 2.74. The summed E-state index contributed by atoms with van der Waals surface area (Å²) in [5.74, 6) is -1.26. The highest BCUT2D eigenvalue weighted by Gasteiger charge is 2.52. The highest BCUT2D eigenvalue weighted by Crippen LogP contribution is 2.41. The van der Waals surface area contributed by atoms with Crippen molar-refractivity contribution >= 4 is 11.7 Å². The molecule has 0 bridgehead atoms. The van der Waals surface area contributed by atoms with E-state index in [1.54, 1.807) is 0 Å². The van der Waals surface area contributed by atoms with Crippen LogP contribution in [0, 0.1) is 17.3 Å². The number of aliphatic hydroxyl groups is 1.